The molecule has 0 aromatic carbocycles. The second-order valence-electron chi connectivity index (χ2n) is 4.60. The molecule has 1 unspecified atom stereocenters. The molecule has 1 heterocycles. The fourth-order valence-corrected chi connectivity index (χ4v) is 1.90. The number of hydrogen-bond donors (Lipinski definition) is 1. The van der Waals surface area contributed by atoms with Crippen LogP contribution in [0, 0.1) is 5.92 Å². The summed E-state index contributed by atoms with van der Waals surface area (Å²) in [6.45, 7) is 4.40. The average Bonchev–Trinajstić information content (AvgIpc) is 2.34. The third kappa shape index (κ3) is 4.84. The zero-order valence-corrected chi connectivity index (χ0v) is 10.2. The number of likely N-dealkylation sites (tertiary alicyclic amines) is 1. The topological polar surface area (TPSA) is 49.8 Å². The van der Waals surface area contributed by atoms with Crippen LogP contribution < -0.4 is 0 Å². The van der Waals surface area contributed by atoms with Crippen molar-refractivity contribution in [2.75, 3.05) is 26.3 Å². The summed E-state index contributed by atoms with van der Waals surface area (Å²) in [5, 5.41) is 8.68. The third-order valence-corrected chi connectivity index (χ3v) is 2.96. The third-order valence-electron chi connectivity index (χ3n) is 2.96. The van der Waals surface area contributed by atoms with Gasteiger partial charge in [-0.1, -0.05) is 6.92 Å². The first-order valence-electron chi connectivity index (χ1n) is 6.26. The predicted octanol–water partition coefficient (Wildman–Crippen LogP) is 2.02. The Labute approximate surface area is 97.6 Å². The van der Waals surface area contributed by atoms with E-state index in [0.29, 0.717) is 12.5 Å². The first-order valence-corrected chi connectivity index (χ1v) is 6.26. The number of aliphatic hydroxyl groups excluding tert-OH is 1. The van der Waals surface area contributed by atoms with Crippen LogP contribution in [-0.4, -0.2) is 42.4 Å². The Bertz CT molecular complexity index is 202. The predicted molar refractivity (Wildman–Crippen MR) is 62.3 cm³/mol. The summed E-state index contributed by atoms with van der Waals surface area (Å²) in [7, 11) is 0. The molecule has 0 bridgehead atoms. The van der Waals surface area contributed by atoms with Crippen molar-refractivity contribution in [1.82, 2.24) is 4.90 Å². The summed E-state index contributed by atoms with van der Waals surface area (Å²) >= 11 is 0. The van der Waals surface area contributed by atoms with Crippen LogP contribution in [0.1, 0.15) is 39.0 Å². The van der Waals surface area contributed by atoms with Crippen molar-refractivity contribution in [1.29, 1.82) is 0 Å². The Hall–Kier alpha value is -0.770. The number of rotatable bonds is 5. The molecule has 0 aromatic heterocycles. The zero-order chi connectivity index (χ0) is 11.8. The second-order valence-corrected chi connectivity index (χ2v) is 4.60. The van der Waals surface area contributed by atoms with E-state index in [4.69, 9.17) is 9.84 Å². The molecule has 0 aromatic rings. The van der Waals surface area contributed by atoms with Gasteiger partial charge in [0.15, 0.2) is 0 Å². The number of hydrogen-bond acceptors (Lipinski definition) is 3. The minimum Gasteiger partial charge on any atom is -0.449 e. The Balaban J connectivity index is 2.13. The first-order chi connectivity index (χ1) is 7.74. The molecule has 0 saturated carbocycles. The van der Waals surface area contributed by atoms with E-state index in [2.05, 4.69) is 0 Å². The summed E-state index contributed by atoms with van der Waals surface area (Å²) in [4.78, 5) is 13.4. The van der Waals surface area contributed by atoms with Crippen LogP contribution in [0.15, 0.2) is 0 Å². The van der Waals surface area contributed by atoms with E-state index >= 15 is 0 Å². The molecule has 1 saturated heterocycles. The highest BCUT2D eigenvalue weighted by Gasteiger charge is 2.18. The number of carbonyl (C=O) groups is 1. The summed E-state index contributed by atoms with van der Waals surface area (Å²) in [6, 6.07) is 0. The highest BCUT2D eigenvalue weighted by molar-refractivity contribution is 5.67. The summed E-state index contributed by atoms with van der Waals surface area (Å²) < 4.78 is 5.25. The molecule has 1 atom stereocenters. The van der Waals surface area contributed by atoms with Gasteiger partial charge >= 0.3 is 6.09 Å². The van der Waals surface area contributed by atoms with Gasteiger partial charge in [0, 0.05) is 19.7 Å². The van der Waals surface area contributed by atoms with E-state index in [1.54, 1.807) is 4.90 Å². The van der Waals surface area contributed by atoms with Crippen molar-refractivity contribution in [3.8, 4) is 0 Å². The van der Waals surface area contributed by atoms with E-state index in [0.717, 1.165) is 38.8 Å². The Kier molecular flexibility index (Phi) is 6.23. The van der Waals surface area contributed by atoms with Gasteiger partial charge in [-0.25, -0.2) is 4.79 Å². The number of ether oxygens (including phenoxy) is 1. The van der Waals surface area contributed by atoms with Crippen LogP contribution in [0.2, 0.25) is 0 Å². The molecule has 1 amide bonds. The van der Waals surface area contributed by atoms with Gasteiger partial charge in [-0.2, -0.15) is 0 Å². The lowest BCUT2D eigenvalue weighted by Gasteiger charge is -2.26. The van der Waals surface area contributed by atoms with E-state index < -0.39 is 0 Å². The molecule has 1 rings (SSSR count). The SMILES string of the molecule is CC(CCCO)COC(=O)N1CCCCC1. The maximum atomic E-state index is 11.6. The second kappa shape index (κ2) is 7.49. The van der Waals surface area contributed by atoms with Crippen LogP contribution in [0.4, 0.5) is 4.79 Å². The molecule has 1 aliphatic rings. The molecular formula is C12H23NO3. The van der Waals surface area contributed by atoms with Crippen LogP contribution >= 0.6 is 0 Å². The largest absolute Gasteiger partial charge is 0.449 e. The Morgan fingerprint density at radius 3 is 2.69 bits per heavy atom. The van der Waals surface area contributed by atoms with Crippen molar-refractivity contribution in [2.24, 2.45) is 5.92 Å². The quantitative estimate of drug-likeness (QED) is 0.784. The van der Waals surface area contributed by atoms with Crippen LogP contribution in [0.5, 0.6) is 0 Å². The maximum Gasteiger partial charge on any atom is 0.409 e. The molecule has 94 valence electrons. The van der Waals surface area contributed by atoms with E-state index in [-0.39, 0.29) is 12.7 Å². The van der Waals surface area contributed by atoms with Gasteiger partial charge in [-0.15, -0.1) is 0 Å². The lowest BCUT2D eigenvalue weighted by Crippen LogP contribution is -2.36. The molecule has 1 fully saturated rings. The molecule has 4 heteroatoms. The summed E-state index contributed by atoms with van der Waals surface area (Å²) in [5.41, 5.74) is 0. The van der Waals surface area contributed by atoms with Gasteiger partial charge in [0.2, 0.25) is 0 Å². The monoisotopic (exact) mass is 229 g/mol. The number of amides is 1. The number of carbonyl (C=O) groups excluding carboxylic acids is 1. The van der Waals surface area contributed by atoms with Gasteiger partial charge in [-0.3, -0.25) is 0 Å². The summed E-state index contributed by atoms with van der Waals surface area (Å²) in [6.07, 6.45) is 4.92. The summed E-state index contributed by atoms with van der Waals surface area (Å²) in [5.74, 6) is 0.334. The fourth-order valence-electron chi connectivity index (χ4n) is 1.90. The Morgan fingerprint density at radius 2 is 2.06 bits per heavy atom. The molecule has 1 N–H and O–H groups in total. The minimum atomic E-state index is -0.171. The van der Waals surface area contributed by atoms with Gasteiger partial charge in [0.25, 0.3) is 0 Å². The van der Waals surface area contributed by atoms with Gasteiger partial charge in [-0.05, 0) is 38.0 Å². The smallest absolute Gasteiger partial charge is 0.409 e. The highest BCUT2D eigenvalue weighted by atomic mass is 16.6. The molecule has 0 radical (unpaired) electrons. The molecular weight excluding hydrogens is 206 g/mol. The number of piperidine rings is 1. The maximum absolute atomic E-state index is 11.6. The van der Waals surface area contributed by atoms with Gasteiger partial charge in [0.1, 0.15) is 0 Å². The average molecular weight is 229 g/mol. The van der Waals surface area contributed by atoms with Crippen molar-refractivity contribution >= 4 is 6.09 Å². The van der Waals surface area contributed by atoms with Gasteiger partial charge in [0.05, 0.1) is 6.61 Å². The van der Waals surface area contributed by atoms with Crippen LogP contribution in [-0.2, 0) is 4.74 Å². The van der Waals surface area contributed by atoms with Crippen molar-refractivity contribution in [3.63, 3.8) is 0 Å². The minimum absolute atomic E-state index is 0.171. The highest BCUT2D eigenvalue weighted by Crippen LogP contribution is 2.11. The fraction of sp³-hybridized carbons (Fsp3) is 0.917. The van der Waals surface area contributed by atoms with E-state index in [1.807, 2.05) is 6.92 Å². The normalized spacial score (nSPS) is 18.2. The molecule has 4 nitrogen and oxygen atoms in total. The van der Waals surface area contributed by atoms with E-state index in [1.165, 1.54) is 6.42 Å². The Morgan fingerprint density at radius 1 is 1.38 bits per heavy atom. The van der Waals surface area contributed by atoms with Crippen molar-refractivity contribution in [2.45, 2.75) is 39.0 Å². The van der Waals surface area contributed by atoms with Crippen molar-refractivity contribution in [3.05, 3.63) is 0 Å². The van der Waals surface area contributed by atoms with Gasteiger partial charge < -0.3 is 14.7 Å². The first kappa shape index (κ1) is 13.3. The lowest BCUT2D eigenvalue weighted by molar-refractivity contribution is 0.0814. The van der Waals surface area contributed by atoms with Crippen LogP contribution in [0.3, 0.4) is 0 Å². The van der Waals surface area contributed by atoms with Crippen LogP contribution in [0.25, 0.3) is 0 Å². The molecule has 0 aliphatic carbocycles. The molecule has 1 aliphatic heterocycles. The van der Waals surface area contributed by atoms with E-state index in [9.17, 15) is 4.79 Å². The lowest BCUT2D eigenvalue weighted by atomic mass is 10.1. The zero-order valence-electron chi connectivity index (χ0n) is 10.2. The molecule has 0 spiro atoms. The number of aliphatic hydroxyl groups is 1. The standard InChI is InChI=1S/C12H23NO3/c1-11(6-5-9-14)10-16-12(15)13-7-3-2-4-8-13/h11,14H,2-10H2,1H3. The van der Waals surface area contributed by atoms with Crippen molar-refractivity contribution < 1.29 is 14.6 Å². The molecule has 16 heavy (non-hydrogen) atoms. The number of nitrogens with zero attached hydrogens (tertiary/aromatic N) is 1.